The fourth-order valence-corrected chi connectivity index (χ4v) is 2.26. The molecule has 0 aliphatic heterocycles. The van der Waals surface area contributed by atoms with E-state index in [-0.39, 0.29) is 0 Å². The van der Waals surface area contributed by atoms with Gasteiger partial charge in [0.05, 0.1) is 11.3 Å². The highest BCUT2D eigenvalue weighted by atomic mass is 32.2. The monoisotopic (exact) mass is 246 g/mol. The van der Waals surface area contributed by atoms with Gasteiger partial charge in [0.25, 0.3) is 0 Å². The van der Waals surface area contributed by atoms with Crippen LogP contribution in [0.1, 0.15) is 16.1 Å². The van der Waals surface area contributed by atoms with Gasteiger partial charge in [-0.2, -0.15) is 0 Å². The minimum atomic E-state index is -0.910. The zero-order valence-electron chi connectivity index (χ0n) is 8.91. The van der Waals surface area contributed by atoms with Gasteiger partial charge < -0.3 is 5.11 Å². The van der Waals surface area contributed by atoms with Gasteiger partial charge in [-0.25, -0.2) is 4.79 Å². The Morgan fingerprint density at radius 1 is 1.29 bits per heavy atom. The zero-order chi connectivity index (χ0) is 12.1. The van der Waals surface area contributed by atoms with E-state index in [1.54, 1.807) is 36.8 Å². The van der Waals surface area contributed by atoms with E-state index in [9.17, 15) is 4.79 Å². The summed E-state index contributed by atoms with van der Waals surface area (Å²) in [6.07, 6.45) is 4.91. The van der Waals surface area contributed by atoms with Crippen LogP contribution in [0, 0.1) is 0 Å². The van der Waals surface area contributed by atoms with Crippen molar-refractivity contribution in [3.8, 4) is 0 Å². The van der Waals surface area contributed by atoms with Crippen LogP contribution in [0.3, 0.4) is 0 Å². The van der Waals surface area contributed by atoms with Gasteiger partial charge in [-0.15, -0.1) is 11.8 Å². The van der Waals surface area contributed by atoms with Gasteiger partial charge in [-0.1, -0.05) is 12.1 Å². The Labute approximate surface area is 103 Å². The lowest BCUT2D eigenvalue weighted by atomic mass is 10.2. The molecule has 0 aliphatic carbocycles. The first-order chi connectivity index (χ1) is 8.27. The lowest BCUT2D eigenvalue weighted by molar-refractivity contribution is 0.0693. The van der Waals surface area contributed by atoms with Crippen molar-refractivity contribution in [3.63, 3.8) is 0 Å². The van der Waals surface area contributed by atoms with E-state index in [2.05, 4.69) is 9.97 Å². The lowest BCUT2D eigenvalue weighted by Crippen LogP contribution is -1.98. The van der Waals surface area contributed by atoms with Crippen LogP contribution in [0.5, 0.6) is 0 Å². The Balaban J connectivity index is 2.12. The predicted octanol–water partition coefficient (Wildman–Crippen LogP) is 2.47. The maximum Gasteiger partial charge on any atom is 0.336 e. The van der Waals surface area contributed by atoms with Crippen molar-refractivity contribution in [3.05, 3.63) is 54.1 Å². The number of benzene rings is 1. The highest BCUT2D eigenvalue weighted by Crippen LogP contribution is 2.25. The second kappa shape index (κ2) is 5.45. The molecule has 2 aromatic rings. The van der Waals surface area contributed by atoms with E-state index in [4.69, 9.17) is 5.11 Å². The summed E-state index contributed by atoms with van der Waals surface area (Å²) < 4.78 is 0. The summed E-state index contributed by atoms with van der Waals surface area (Å²) in [6.45, 7) is 0. The molecule has 0 bridgehead atoms. The largest absolute Gasteiger partial charge is 0.478 e. The molecule has 0 spiro atoms. The van der Waals surface area contributed by atoms with Crippen molar-refractivity contribution in [1.29, 1.82) is 0 Å². The molecule has 0 saturated heterocycles. The molecule has 0 atom stereocenters. The first-order valence-corrected chi connectivity index (χ1v) is 5.96. The summed E-state index contributed by atoms with van der Waals surface area (Å²) in [5, 5.41) is 9.02. The lowest BCUT2D eigenvalue weighted by Gasteiger charge is -2.04. The second-order valence-corrected chi connectivity index (χ2v) is 4.30. The van der Waals surface area contributed by atoms with Crippen LogP contribution in [-0.4, -0.2) is 21.0 Å². The van der Waals surface area contributed by atoms with Gasteiger partial charge in [-0.05, 0) is 12.1 Å². The second-order valence-electron chi connectivity index (χ2n) is 3.29. The topological polar surface area (TPSA) is 63.1 Å². The van der Waals surface area contributed by atoms with E-state index >= 15 is 0 Å². The fraction of sp³-hybridized carbons (Fsp3) is 0.0833. The average Bonchev–Trinajstić information content (AvgIpc) is 2.38. The SMILES string of the molecule is O=C(O)c1ccccc1SCc1cnccn1. The van der Waals surface area contributed by atoms with Crippen LogP contribution in [0.4, 0.5) is 0 Å². The van der Waals surface area contributed by atoms with Gasteiger partial charge in [0.15, 0.2) is 0 Å². The van der Waals surface area contributed by atoms with Crippen LogP contribution in [-0.2, 0) is 5.75 Å². The zero-order valence-corrected chi connectivity index (χ0v) is 9.72. The Kier molecular flexibility index (Phi) is 3.72. The summed E-state index contributed by atoms with van der Waals surface area (Å²) in [5.41, 5.74) is 1.15. The van der Waals surface area contributed by atoms with Crippen LogP contribution < -0.4 is 0 Å². The first kappa shape index (κ1) is 11.6. The van der Waals surface area contributed by atoms with Crippen molar-refractivity contribution in [2.75, 3.05) is 0 Å². The summed E-state index contributed by atoms with van der Waals surface area (Å²) in [5.74, 6) is -0.301. The van der Waals surface area contributed by atoms with Crippen LogP contribution in [0.15, 0.2) is 47.8 Å². The molecule has 5 heteroatoms. The number of thioether (sulfide) groups is 1. The molecule has 86 valence electrons. The third-order valence-electron chi connectivity index (χ3n) is 2.11. The molecule has 0 unspecified atom stereocenters. The summed E-state index contributed by atoms with van der Waals surface area (Å²) in [4.78, 5) is 19.8. The van der Waals surface area contributed by atoms with Crippen LogP contribution in [0.2, 0.25) is 0 Å². The number of hydrogen-bond acceptors (Lipinski definition) is 4. The Morgan fingerprint density at radius 2 is 2.12 bits per heavy atom. The molecule has 17 heavy (non-hydrogen) atoms. The molecular weight excluding hydrogens is 236 g/mol. The average molecular weight is 246 g/mol. The fourth-order valence-electron chi connectivity index (χ4n) is 1.33. The Bertz CT molecular complexity index is 517. The number of nitrogens with zero attached hydrogens (tertiary/aromatic N) is 2. The Morgan fingerprint density at radius 3 is 2.82 bits per heavy atom. The number of carboxylic acid groups (broad SMARTS) is 1. The van der Waals surface area contributed by atoms with Gasteiger partial charge in [0, 0.05) is 29.2 Å². The molecule has 0 saturated carbocycles. The van der Waals surface area contributed by atoms with E-state index in [1.807, 2.05) is 6.07 Å². The van der Waals surface area contributed by atoms with E-state index in [1.165, 1.54) is 11.8 Å². The van der Waals surface area contributed by atoms with E-state index in [0.717, 1.165) is 10.6 Å². The third kappa shape index (κ3) is 3.04. The number of rotatable bonds is 4. The summed E-state index contributed by atoms with van der Waals surface area (Å²) >= 11 is 1.45. The maximum atomic E-state index is 11.0. The highest BCUT2D eigenvalue weighted by molar-refractivity contribution is 7.98. The Hall–Kier alpha value is -1.88. The van der Waals surface area contributed by atoms with Crippen molar-refractivity contribution in [2.45, 2.75) is 10.6 Å². The minimum Gasteiger partial charge on any atom is -0.478 e. The van der Waals surface area contributed by atoms with Crippen LogP contribution >= 0.6 is 11.8 Å². The quantitative estimate of drug-likeness (QED) is 0.839. The molecule has 1 N–H and O–H groups in total. The molecule has 2 rings (SSSR count). The molecule has 1 aromatic carbocycles. The van der Waals surface area contributed by atoms with Gasteiger partial charge in [-0.3, -0.25) is 9.97 Å². The van der Waals surface area contributed by atoms with Gasteiger partial charge in [0.2, 0.25) is 0 Å². The third-order valence-corrected chi connectivity index (χ3v) is 3.22. The number of carbonyl (C=O) groups is 1. The predicted molar refractivity (Wildman–Crippen MR) is 65.0 cm³/mol. The van der Waals surface area contributed by atoms with Crippen molar-refractivity contribution in [2.24, 2.45) is 0 Å². The molecule has 1 aromatic heterocycles. The van der Waals surface area contributed by atoms with Crippen molar-refractivity contribution < 1.29 is 9.90 Å². The standard InChI is InChI=1S/C12H10N2O2S/c15-12(16)10-3-1-2-4-11(10)17-8-9-7-13-5-6-14-9/h1-7H,8H2,(H,15,16). The van der Waals surface area contributed by atoms with Gasteiger partial charge >= 0.3 is 5.97 Å². The van der Waals surface area contributed by atoms with Gasteiger partial charge in [0.1, 0.15) is 0 Å². The number of aromatic nitrogens is 2. The molecule has 0 radical (unpaired) electrons. The normalized spacial score (nSPS) is 10.1. The summed E-state index contributed by atoms with van der Waals surface area (Å²) in [7, 11) is 0. The number of carboxylic acids is 1. The molecule has 0 fully saturated rings. The van der Waals surface area contributed by atoms with Crippen LogP contribution in [0.25, 0.3) is 0 Å². The van der Waals surface area contributed by atoms with Crippen molar-refractivity contribution in [1.82, 2.24) is 9.97 Å². The smallest absolute Gasteiger partial charge is 0.336 e. The minimum absolute atomic E-state index is 0.321. The number of hydrogen-bond donors (Lipinski definition) is 1. The number of aromatic carboxylic acids is 1. The summed E-state index contributed by atoms with van der Waals surface area (Å²) in [6, 6.07) is 6.94. The molecular formula is C12H10N2O2S. The molecule has 0 aliphatic rings. The van der Waals surface area contributed by atoms with E-state index in [0.29, 0.717) is 11.3 Å². The maximum absolute atomic E-state index is 11.0. The first-order valence-electron chi connectivity index (χ1n) is 4.97. The highest BCUT2D eigenvalue weighted by Gasteiger charge is 2.09. The molecule has 0 amide bonds. The van der Waals surface area contributed by atoms with E-state index < -0.39 is 5.97 Å². The molecule has 4 nitrogen and oxygen atoms in total. The van der Waals surface area contributed by atoms with Crippen molar-refractivity contribution >= 4 is 17.7 Å². The molecule has 1 heterocycles.